The van der Waals surface area contributed by atoms with Crippen LogP contribution in [0.5, 0.6) is 0 Å². The summed E-state index contributed by atoms with van der Waals surface area (Å²) in [6.45, 7) is 7.77. The summed E-state index contributed by atoms with van der Waals surface area (Å²) in [5.41, 5.74) is 0. The zero-order valence-corrected chi connectivity index (χ0v) is 12.0. The quantitative estimate of drug-likeness (QED) is 0.740. The van der Waals surface area contributed by atoms with Crippen LogP contribution in [0, 0.1) is 11.8 Å². The number of nitrogens with one attached hydrogen (secondary N) is 2. The lowest BCUT2D eigenvalue weighted by atomic mass is 9.98. The molecule has 0 aliphatic carbocycles. The molecule has 0 aromatic rings. The molecule has 0 bridgehead atoms. The van der Waals surface area contributed by atoms with E-state index in [-0.39, 0.29) is 17.9 Å². The van der Waals surface area contributed by atoms with Gasteiger partial charge in [0.05, 0.1) is 25.2 Å². The van der Waals surface area contributed by atoms with Crippen LogP contribution < -0.4 is 10.6 Å². The van der Waals surface area contributed by atoms with Gasteiger partial charge >= 0.3 is 0 Å². The number of carbonyl (C=O) groups excluding carboxylic acids is 1. The third kappa shape index (κ3) is 3.68. The number of hydrogen-bond donors (Lipinski definition) is 2. The first-order valence-electron chi connectivity index (χ1n) is 7.46. The van der Waals surface area contributed by atoms with Crippen molar-refractivity contribution in [2.75, 3.05) is 32.9 Å². The molecule has 0 spiro atoms. The molecule has 4 atom stereocenters. The predicted octanol–water partition coefficient (Wildman–Crippen LogP) is 0.542. The number of amides is 1. The molecule has 2 heterocycles. The number of ether oxygens (including phenoxy) is 2. The summed E-state index contributed by atoms with van der Waals surface area (Å²) in [5.74, 6) is 0.529. The van der Waals surface area contributed by atoms with E-state index in [1.807, 2.05) is 0 Å². The van der Waals surface area contributed by atoms with Crippen molar-refractivity contribution in [1.82, 2.24) is 10.6 Å². The molecule has 5 heteroatoms. The SMILES string of the molecule is CCNC1COCC1C(=O)NCC1CCOC1CC. The smallest absolute Gasteiger partial charge is 0.227 e. The van der Waals surface area contributed by atoms with E-state index in [4.69, 9.17) is 9.47 Å². The van der Waals surface area contributed by atoms with Gasteiger partial charge in [-0.05, 0) is 19.4 Å². The van der Waals surface area contributed by atoms with Crippen LogP contribution in [0.4, 0.5) is 0 Å². The van der Waals surface area contributed by atoms with Gasteiger partial charge < -0.3 is 20.1 Å². The molecular weight excluding hydrogens is 244 g/mol. The first-order chi connectivity index (χ1) is 9.26. The highest BCUT2D eigenvalue weighted by Crippen LogP contribution is 2.23. The van der Waals surface area contributed by atoms with Gasteiger partial charge in [0.25, 0.3) is 0 Å². The lowest BCUT2D eigenvalue weighted by Crippen LogP contribution is -2.45. The lowest BCUT2D eigenvalue weighted by molar-refractivity contribution is -0.125. The number of likely N-dealkylation sites (N-methyl/N-ethyl adjacent to an activating group) is 1. The normalized spacial score (nSPS) is 34.6. The third-order valence-electron chi connectivity index (χ3n) is 4.17. The van der Waals surface area contributed by atoms with Crippen molar-refractivity contribution in [3.05, 3.63) is 0 Å². The second-order valence-electron chi connectivity index (χ2n) is 5.42. The van der Waals surface area contributed by atoms with Gasteiger partial charge in [-0.1, -0.05) is 13.8 Å². The Hall–Kier alpha value is -0.650. The molecule has 2 rings (SSSR count). The first kappa shape index (κ1) is 14.8. The van der Waals surface area contributed by atoms with Crippen LogP contribution in [0.15, 0.2) is 0 Å². The van der Waals surface area contributed by atoms with E-state index in [0.717, 1.165) is 32.5 Å². The van der Waals surface area contributed by atoms with Gasteiger partial charge in [0.1, 0.15) is 0 Å². The highest BCUT2D eigenvalue weighted by atomic mass is 16.5. The Balaban J connectivity index is 1.77. The van der Waals surface area contributed by atoms with E-state index >= 15 is 0 Å². The molecule has 1 amide bonds. The second kappa shape index (κ2) is 7.22. The van der Waals surface area contributed by atoms with Gasteiger partial charge in [-0.2, -0.15) is 0 Å². The summed E-state index contributed by atoms with van der Waals surface area (Å²) in [4.78, 5) is 12.2. The summed E-state index contributed by atoms with van der Waals surface area (Å²) in [5, 5.41) is 6.39. The fourth-order valence-corrected chi connectivity index (χ4v) is 3.02. The molecule has 2 aliphatic rings. The van der Waals surface area contributed by atoms with Gasteiger partial charge in [0.15, 0.2) is 0 Å². The molecule has 0 saturated carbocycles. The van der Waals surface area contributed by atoms with Gasteiger partial charge in [-0.15, -0.1) is 0 Å². The molecule has 0 radical (unpaired) electrons. The van der Waals surface area contributed by atoms with E-state index in [9.17, 15) is 4.79 Å². The molecule has 2 saturated heterocycles. The summed E-state index contributed by atoms with van der Waals surface area (Å²) in [6.07, 6.45) is 2.38. The van der Waals surface area contributed by atoms with Crippen molar-refractivity contribution < 1.29 is 14.3 Å². The summed E-state index contributed by atoms with van der Waals surface area (Å²) >= 11 is 0. The maximum absolute atomic E-state index is 12.2. The molecule has 2 aliphatic heterocycles. The highest BCUT2D eigenvalue weighted by molar-refractivity contribution is 5.79. The Kier molecular flexibility index (Phi) is 5.60. The minimum absolute atomic E-state index is 0.0534. The predicted molar refractivity (Wildman–Crippen MR) is 72.9 cm³/mol. The fourth-order valence-electron chi connectivity index (χ4n) is 3.02. The average molecular weight is 270 g/mol. The zero-order valence-electron chi connectivity index (χ0n) is 12.0. The Morgan fingerprint density at radius 3 is 2.89 bits per heavy atom. The van der Waals surface area contributed by atoms with Gasteiger partial charge in [-0.3, -0.25) is 4.79 Å². The number of hydrogen-bond acceptors (Lipinski definition) is 4. The van der Waals surface area contributed by atoms with E-state index < -0.39 is 0 Å². The molecular formula is C14H26N2O3. The molecule has 0 aromatic carbocycles. The first-order valence-corrected chi connectivity index (χ1v) is 7.46. The summed E-state index contributed by atoms with van der Waals surface area (Å²) in [7, 11) is 0. The average Bonchev–Trinajstić information content (AvgIpc) is 3.04. The van der Waals surface area contributed by atoms with Crippen molar-refractivity contribution in [3.63, 3.8) is 0 Å². The van der Waals surface area contributed by atoms with Crippen molar-refractivity contribution in [2.45, 2.75) is 38.8 Å². The van der Waals surface area contributed by atoms with Crippen LogP contribution >= 0.6 is 0 Å². The second-order valence-corrected chi connectivity index (χ2v) is 5.42. The van der Waals surface area contributed by atoms with Crippen molar-refractivity contribution in [1.29, 1.82) is 0 Å². The van der Waals surface area contributed by atoms with Crippen LogP contribution in [0.2, 0.25) is 0 Å². The maximum Gasteiger partial charge on any atom is 0.227 e. The Morgan fingerprint density at radius 2 is 2.16 bits per heavy atom. The van der Waals surface area contributed by atoms with Gasteiger partial charge in [0, 0.05) is 25.1 Å². The van der Waals surface area contributed by atoms with Crippen LogP contribution in [0.3, 0.4) is 0 Å². The molecule has 5 nitrogen and oxygen atoms in total. The minimum Gasteiger partial charge on any atom is -0.379 e. The largest absolute Gasteiger partial charge is 0.379 e. The van der Waals surface area contributed by atoms with Gasteiger partial charge in [-0.25, -0.2) is 0 Å². The fraction of sp³-hybridized carbons (Fsp3) is 0.929. The number of carbonyl (C=O) groups is 1. The zero-order chi connectivity index (χ0) is 13.7. The van der Waals surface area contributed by atoms with E-state index in [1.54, 1.807) is 0 Å². The number of rotatable bonds is 6. The van der Waals surface area contributed by atoms with Crippen LogP contribution in [0.1, 0.15) is 26.7 Å². The van der Waals surface area contributed by atoms with E-state index in [2.05, 4.69) is 24.5 Å². The Labute approximate surface area is 115 Å². The Bertz CT molecular complexity index is 298. The maximum atomic E-state index is 12.2. The molecule has 19 heavy (non-hydrogen) atoms. The lowest BCUT2D eigenvalue weighted by Gasteiger charge is -2.21. The van der Waals surface area contributed by atoms with Crippen LogP contribution in [-0.2, 0) is 14.3 Å². The molecule has 4 unspecified atom stereocenters. The molecule has 0 aromatic heterocycles. The van der Waals surface area contributed by atoms with Crippen molar-refractivity contribution in [3.8, 4) is 0 Å². The molecule has 2 N–H and O–H groups in total. The van der Waals surface area contributed by atoms with Crippen LogP contribution in [-0.4, -0.2) is 51.0 Å². The van der Waals surface area contributed by atoms with Crippen molar-refractivity contribution >= 4 is 5.91 Å². The van der Waals surface area contributed by atoms with E-state index in [1.165, 1.54) is 0 Å². The topological polar surface area (TPSA) is 59.6 Å². The molecule has 2 fully saturated rings. The van der Waals surface area contributed by atoms with E-state index in [0.29, 0.717) is 25.2 Å². The summed E-state index contributed by atoms with van der Waals surface area (Å²) in [6, 6.07) is 0.159. The summed E-state index contributed by atoms with van der Waals surface area (Å²) < 4.78 is 11.1. The monoisotopic (exact) mass is 270 g/mol. The van der Waals surface area contributed by atoms with Crippen molar-refractivity contribution in [2.24, 2.45) is 11.8 Å². The van der Waals surface area contributed by atoms with Crippen LogP contribution in [0.25, 0.3) is 0 Å². The standard InChI is InChI=1S/C14H26N2O3/c1-3-13-10(5-6-19-13)7-16-14(17)11-8-18-9-12(11)15-4-2/h10-13,15H,3-9H2,1-2H3,(H,16,17). The Morgan fingerprint density at radius 1 is 1.32 bits per heavy atom. The third-order valence-corrected chi connectivity index (χ3v) is 4.17. The highest BCUT2D eigenvalue weighted by Gasteiger charge is 2.34. The molecule has 110 valence electrons. The minimum atomic E-state index is -0.0534. The van der Waals surface area contributed by atoms with Gasteiger partial charge in [0.2, 0.25) is 5.91 Å².